The molecule has 110 valence electrons. The predicted octanol–water partition coefficient (Wildman–Crippen LogP) is 2.71. The maximum absolute atomic E-state index is 9.61. The molecule has 20 heavy (non-hydrogen) atoms. The minimum atomic E-state index is -0.179. The number of aliphatic hydroxyl groups is 1. The molecule has 2 aliphatic heterocycles. The summed E-state index contributed by atoms with van der Waals surface area (Å²) in [6, 6.07) is 6.28. The minimum absolute atomic E-state index is 0.179. The molecule has 1 atom stereocenters. The van der Waals surface area contributed by atoms with Gasteiger partial charge in [-0.3, -0.25) is 4.90 Å². The number of nitrogens with one attached hydrogen (secondary N) is 1. The smallest absolute Gasteiger partial charge is 0.0794 e. The molecule has 2 aliphatic rings. The lowest BCUT2D eigenvalue weighted by molar-refractivity contribution is -0.0446. The van der Waals surface area contributed by atoms with Gasteiger partial charge in [-0.1, -0.05) is 29.3 Å². The van der Waals surface area contributed by atoms with E-state index in [-0.39, 0.29) is 6.10 Å². The molecule has 3 rings (SSSR count). The Balaban J connectivity index is 1.85. The lowest BCUT2D eigenvalue weighted by atomic mass is 9.83. The average Bonchev–Trinajstić information content (AvgIpc) is 2.42. The van der Waals surface area contributed by atoms with Gasteiger partial charge in [0.05, 0.1) is 16.1 Å². The molecule has 0 aromatic heterocycles. The van der Waals surface area contributed by atoms with Gasteiger partial charge in [-0.2, -0.15) is 0 Å². The van der Waals surface area contributed by atoms with Gasteiger partial charge in [0.2, 0.25) is 0 Å². The summed E-state index contributed by atoms with van der Waals surface area (Å²) >= 11 is 12.2. The second kappa shape index (κ2) is 6.20. The predicted molar refractivity (Wildman–Crippen MR) is 82.4 cm³/mol. The Labute approximate surface area is 129 Å². The Morgan fingerprint density at radius 1 is 1.15 bits per heavy atom. The Kier molecular flexibility index (Phi) is 4.53. The van der Waals surface area contributed by atoms with Crippen molar-refractivity contribution in [1.82, 2.24) is 10.2 Å². The second-order valence-corrected chi connectivity index (χ2v) is 6.63. The molecule has 1 aromatic carbocycles. The third-order valence-corrected chi connectivity index (χ3v) is 5.14. The van der Waals surface area contributed by atoms with Crippen LogP contribution in [0.1, 0.15) is 24.4 Å². The molecular formula is C15H20Cl2N2O. The number of β-amino-alcohol motifs (C(OH)–C–C–N with tert-alkyl or cyclic N) is 1. The molecular weight excluding hydrogens is 295 g/mol. The Morgan fingerprint density at radius 2 is 1.85 bits per heavy atom. The fourth-order valence-electron chi connectivity index (χ4n) is 3.35. The van der Waals surface area contributed by atoms with Crippen molar-refractivity contribution >= 4 is 23.2 Å². The van der Waals surface area contributed by atoms with Gasteiger partial charge in [0.15, 0.2) is 0 Å². The van der Waals surface area contributed by atoms with E-state index in [1.807, 2.05) is 12.1 Å². The quantitative estimate of drug-likeness (QED) is 0.900. The van der Waals surface area contributed by atoms with Crippen molar-refractivity contribution in [3.05, 3.63) is 33.8 Å². The van der Waals surface area contributed by atoms with Crippen LogP contribution in [-0.2, 0) is 0 Å². The van der Waals surface area contributed by atoms with Crippen molar-refractivity contribution < 1.29 is 5.11 Å². The summed E-state index contributed by atoms with van der Waals surface area (Å²) < 4.78 is 0. The molecule has 1 aromatic rings. The maximum atomic E-state index is 9.61. The first-order valence-electron chi connectivity index (χ1n) is 7.23. The van der Waals surface area contributed by atoms with Crippen molar-refractivity contribution in [3.63, 3.8) is 0 Å². The van der Waals surface area contributed by atoms with E-state index in [9.17, 15) is 5.11 Å². The van der Waals surface area contributed by atoms with E-state index in [1.54, 1.807) is 0 Å². The van der Waals surface area contributed by atoms with Crippen LogP contribution >= 0.6 is 23.2 Å². The van der Waals surface area contributed by atoms with Gasteiger partial charge >= 0.3 is 0 Å². The molecule has 0 amide bonds. The number of nitrogens with zero attached hydrogens (tertiary/aromatic N) is 1. The molecule has 0 aliphatic carbocycles. The van der Waals surface area contributed by atoms with Crippen molar-refractivity contribution in [1.29, 1.82) is 0 Å². The number of aliphatic hydroxyl groups excluding tert-OH is 1. The fraction of sp³-hybridized carbons (Fsp3) is 0.600. The van der Waals surface area contributed by atoms with Gasteiger partial charge in [0.25, 0.3) is 0 Å². The summed E-state index contributed by atoms with van der Waals surface area (Å²) in [4.78, 5) is 2.36. The summed E-state index contributed by atoms with van der Waals surface area (Å²) in [7, 11) is 0. The molecule has 2 fully saturated rings. The van der Waals surface area contributed by atoms with Crippen LogP contribution in [0.2, 0.25) is 10.0 Å². The monoisotopic (exact) mass is 314 g/mol. The maximum Gasteiger partial charge on any atom is 0.0794 e. The second-order valence-electron chi connectivity index (χ2n) is 5.81. The van der Waals surface area contributed by atoms with Crippen molar-refractivity contribution in [2.75, 3.05) is 26.2 Å². The van der Waals surface area contributed by atoms with E-state index in [0.717, 1.165) is 39.0 Å². The van der Waals surface area contributed by atoms with Crippen LogP contribution in [0.3, 0.4) is 0 Å². The highest BCUT2D eigenvalue weighted by atomic mass is 35.5. The normalized spacial score (nSPS) is 23.6. The summed E-state index contributed by atoms with van der Waals surface area (Å²) in [6.45, 7) is 3.65. The molecule has 0 radical (unpaired) electrons. The number of hydrogen-bond donors (Lipinski definition) is 2. The zero-order valence-electron chi connectivity index (χ0n) is 11.4. The zero-order valence-corrected chi connectivity index (χ0v) is 12.9. The van der Waals surface area contributed by atoms with Gasteiger partial charge in [0.1, 0.15) is 0 Å². The van der Waals surface area contributed by atoms with E-state index >= 15 is 0 Å². The van der Waals surface area contributed by atoms with Gasteiger partial charge < -0.3 is 10.4 Å². The number of likely N-dealkylation sites (tertiary alicyclic amines) is 1. The van der Waals surface area contributed by atoms with Crippen molar-refractivity contribution in [3.8, 4) is 0 Å². The highest BCUT2D eigenvalue weighted by Gasteiger charge is 2.37. The van der Waals surface area contributed by atoms with Crippen LogP contribution in [0, 0.1) is 5.92 Å². The molecule has 2 heterocycles. The van der Waals surface area contributed by atoms with Crippen LogP contribution in [0.15, 0.2) is 18.2 Å². The number of piperidine rings is 1. The first kappa shape index (κ1) is 14.6. The summed E-state index contributed by atoms with van der Waals surface area (Å²) in [5.41, 5.74) is 1.22. The van der Waals surface area contributed by atoms with Crippen LogP contribution in [0.5, 0.6) is 0 Å². The van der Waals surface area contributed by atoms with Gasteiger partial charge in [-0.25, -0.2) is 0 Å². The lowest BCUT2D eigenvalue weighted by Gasteiger charge is -2.46. The summed E-state index contributed by atoms with van der Waals surface area (Å²) in [6.07, 6.45) is 2.15. The van der Waals surface area contributed by atoms with Crippen LogP contribution in [0.25, 0.3) is 0 Å². The van der Waals surface area contributed by atoms with Crippen LogP contribution < -0.4 is 5.32 Å². The highest BCUT2D eigenvalue weighted by molar-refractivity contribution is 6.42. The third-order valence-electron chi connectivity index (χ3n) is 4.40. The number of halogens is 2. The summed E-state index contributed by atoms with van der Waals surface area (Å²) in [5, 5.41) is 14.2. The van der Waals surface area contributed by atoms with E-state index in [4.69, 9.17) is 23.2 Å². The molecule has 3 nitrogen and oxygen atoms in total. The van der Waals surface area contributed by atoms with Gasteiger partial charge in [-0.15, -0.1) is 0 Å². The van der Waals surface area contributed by atoms with E-state index < -0.39 is 0 Å². The first-order chi connectivity index (χ1) is 9.65. The fourth-order valence-corrected chi connectivity index (χ4v) is 3.66. The molecule has 1 unspecified atom stereocenters. The molecule has 2 saturated heterocycles. The average molecular weight is 315 g/mol. The Hall–Kier alpha value is -0.320. The molecule has 5 heteroatoms. The largest absolute Gasteiger partial charge is 0.390 e. The third kappa shape index (κ3) is 2.97. The van der Waals surface area contributed by atoms with E-state index in [1.165, 1.54) is 5.56 Å². The minimum Gasteiger partial charge on any atom is -0.390 e. The van der Waals surface area contributed by atoms with Crippen molar-refractivity contribution in [2.45, 2.75) is 25.0 Å². The number of rotatable bonds is 3. The SMILES string of the molecule is OC1CN(C(c2ccc(Cl)c(Cl)c2)C2CCNCC2)C1. The van der Waals surface area contributed by atoms with Crippen LogP contribution in [0.4, 0.5) is 0 Å². The van der Waals surface area contributed by atoms with Gasteiger partial charge in [0, 0.05) is 19.1 Å². The van der Waals surface area contributed by atoms with Gasteiger partial charge in [-0.05, 0) is 49.5 Å². The van der Waals surface area contributed by atoms with E-state index in [2.05, 4.69) is 16.3 Å². The number of hydrogen-bond acceptors (Lipinski definition) is 3. The standard InChI is InChI=1S/C15H20Cl2N2O/c16-13-2-1-11(7-14(13)17)15(19-8-12(20)9-19)10-3-5-18-6-4-10/h1-2,7,10,12,15,18,20H,3-6,8-9H2. The molecule has 0 saturated carbocycles. The Morgan fingerprint density at radius 3 is 2.45 bits per heavy atom. The topological polar surface area (TPSA) is 35.5 Å². The zero-order chi connectivity index (χ0) is 14.1. The molecule has 0 spiro atoms. The summed E-state index contributed by atoms with van der Waals surface area (Å²) in [5.74, 6) is 0.612. The van der Waals surface area contributed by atoms with E-state index in [0.29, 0.717) is 22.0 Å². The Bertz CT molecular complexity index is 471. The number of benzene rings is 1. The first-order valence-corrected chi connectivity index (χ1v) is 7.98. The van der Waals surface area contributed by atoms with Crippen LogP contribution in [-0.4, -0.2) is 42.3 Å². The van der Waals surface area contributed by atoms with Crippen molar-refractivity contribution in [2.24, 2.45) is 5.92 Å². The molecule has 2 N–H and O–H groups in total. The lowest BCUT2D eigenvalue weighted by Crippen LogP contribution is -2.54. The highest BCUT2D eigenvalue weighted by Crippen LogP contribution is 2.38. The molecule has 0 bridgehead atoms.